The minimum Gasteiger partial charge on any atom is -0.381 e. The molecule has 3 nitrogen and oxygen atoms in total. The quantitative estimate of drug-likeness (QED) is 0.326. The third-order valence-corrected chi connectivity index (χ3v) is 2.94. The zero-order valence-electron chi connectivity index (χ0n) is 10.9. The van der Waals surface area contributed by atoms with E-state index in [1.165, 1.54) is 0 Å². The predicted molar refractivity (Wildman–Crippen MR) is 74.3 cm³/mol. The summed E-state index contributed by atoms with van der Waals surface area (Å²) in [5, 5.41) is 2.92. The van der Waals surface area contributed by atoms with Gasteiger partial charge in [-0.1, -0.05) is 24.3 Å². The van der Waals surface area contributed by atoms with Gasteiger partial charge in [0.15, 0.2) is 0 Å². The van der Waals surface area contributed by atoms with Crippen molar-refractivity contribution in [3.05, 3.63) is 37.0 Å². The van der Waals surface area contributed by atoms with Crippen molar-refractivity contribution < 1.29 is 9.53 Å². The van der Waals surface area contributed by atoms with Gasteiger partial charge in [0, 0.05) is 25.8 Å². The van der Waals surface area contributed by atoms with Crippen molar-refractivity contribution in [1.29, 1.82) is 0 Å². The minimum absolute atomic E-state index is 0.0186. The van der Waals surface area contributed by atoms with Crippen LogP contribution in [-0.4, -0.2) is 25.7 Å². The Balaban J connectivity index is 2.10. The number of hydrogen-bond donors (Lipinski definition) is 1. The number of ether oxygens (including phenoxy) is 1. The molecule has 0 aromatic carbocycles. The maximum atomic E-state index is 11.5. The zero-order chi connectivity index (χ0) is 13.1. The Morgan fingerprint density at radius 2 is 2.06 bits per heavy atom. The van der Waals surface area contributed by atoms with Crippen LogP contribution >= 0.6 is 0 Å². The molecule has 1 aliphatic heterocycles. The molecule has 1 N–H and O–H groups in total. The van der Waals surface area contributed by atoms with E-state index >= 15 is 0 Å². The molecule has 0 aromatic rings. The van der Waals surface area contributed by atoms with Gasteiger partial charge in [-0.25, -0.2) is 0 Å². The van der Waals surface area contributed by atoms with E-state index in [1.807, 2.05) is 18.2 Å². The molecule has 0 spiro atoms. The van der Waals surface area contributed by atoms with Gasteiger partial charge in [0.05, 0.1) is 0 Å². The molecular weight excluding hydrogens is 226 g/mol. The first-order valence-corrected chi connectivity index (χ1v) is 6.62. The summed E-state index contributed by atoms with van der Waals surface area (Å²) in [6, 6.07) is 0. The average Bonchev–Trinajstić information content (AvgIpc) is 2.41. The van der Waals surface area contributed by atoms with E-state index in [2.05, 4.69) is 11.9 Å². The number of rotatable bonds is 7. The molecule has 1 saturated heterocycles. The van der Waals surface area contributed by atoms with Gasteiger partial charge in [0.1, 0.15) is 0 Å². The summed E-state index contributed by atoms with van der Waals surface area (Å²) in [6.45, 7) is 6.05. The van der Waals surface area contributed by atoms with Crippen LogP contribution in [0.4, 0.5) is 0 Å². The van der Waals surface area contributed by atoms with Crippen LogP contribution in [-0.2, 0) is 9.53 Å². The van der Waals surface area contributed by atoms with Gasteiger partial charge < -0.3 is 10.1 Å². The van der Waals surface area contributed by atoms with Gasteiger partial charge in [-0.05, 0) is 31.6 Å². The smallest absolute Gasteiger partial charge is 0.243 e. The van der Waals surface area contributed by atoms with Crippen LogP contribution in [0.15, 0.2) is 37.0 Å². The summed E-state index contributed by atoms with van der Waals surface area (Å²) < 4.78 is 5.28. The number of nitrogens with one attached hydrogen (secondary N) is 1. The SMILES string of the molecule is C=CCCC=CC=CC(=O)NCC1CCOCC1. The first-order chi connectivity index (χ1) is 8.83. The number of carbonyl (C=O) groups excluding carboxylic acids is 1. The van der Waals surface area contributed by atoms with Crippen molar-refractivity contribution in [2.24, 2.45) is 5.92 Å². The lowest BCUT2D eigenvalue weighted by molar-refractivity contribution is -0.116. The van der Waals surface area contributed by atoms with E-state index in [-0.39, 0.29) is 5.91 Å². The van der Waals surface area contributed by atoms with Crippen molar-refractivity contribution in [3.63, 3.8) is 0 Å². The van der Waals surface area contributed by atoms with Gasteiger partial charge in [0.2, 0.25) is 5.91 Å². The van der Waals surface area contributed by atoms with Crippen molar-refractivity contribution in [2.45, 2.75) is 25.7 Å². The lowest BCUT2D eigenvalue weighted by Gasteiger charge is -2.21. The summed E-state index contributed by atoms with van der Waals surface area (Å²) in [4.78, 5) is 11.5. The number of hydrogen-bond acceptors (Lipinski definition) is 2. The fourth-order valence-corrected chi connectivity index (χ4v) is 1.79. The third kappa shape index (κ3) is 7.07. The monoisotopic (exact) mass is 249 g/mol. The van der Waals surface area contributed by atoms with Gasteiger partial charge in [0.25, 0.3) is 0 Å². The van der Waals surface area contributed by atoms with Gasteiger partial charge in [-0.3, -0.25) is 4.79 Å². The van der Waals surface area contributed by atoms with E-state index in [0.29, 0.717) is 5.92 Å². The molecule has 0 bridgehead atoms. The molecule has 0 saturated carbocycles. The van der Waals surface area contributed by atoms with Crippen molar-refractivity contribution in [1.82, 2.24) is 5.32 Å². The van der Waals surface area contributed by atoms with E-state index in [1.54, 1.807) is 12.2 Å². The molecule has 1 fully saturated rings. The van der Waals surface area contributed by atoms with E-state index in [9.17, 15) is 4.79 Å². The van der Waals surface area contributed by atoms with Crippen molar-refractivity contribution >= 4 is 5.91 Å². The van der Waals surface area contributed by atoms with Gasteiger partial charge >= 0.3 is 0 Å². The fourth-order valence-electron chi connectivity index (χ4n) is 1.79. The molecular formula is C15H23NO2. The Kier molecular flexibility index (Phi) is 7.89. The average molecular weight is 249 g/mol. The molecule has 1 heterocycles. The summed E-state index contributed by atoms with van der Waals surface area (Å²) in [5.41, 5.74) is 0. The van der Waals surface area contributed by atoms with Crippen LogP contribution in [0.3, 0.4) is 0 Å². The van der Waals surface area contributed by atoms with Gasteiger partial charge in [-0.15, -0.1) is 6.58 Å². The van der Waals surface area contributed by atoms with Crippen LogP contribution in [0.25, 0.3) is 0 Å². The second kappa shape index (κ2) is 9.66. The van der Waals surface area contributed by atoms with E-state index in [0.717, 1.165) is 45.4 Å². The predicted octanol–water partition coefficient (Wildman–Crippen LogP) is 2.61. The van der Waals surface area contributed by atoms with E-state index < -0.39 is 0 Å². The largest absolute Gasteiger partial charge is 0.381 e. The third-order valence-electron chi connectivity index (χ3n) is 2.94. The number of carbonyl (C=O) groups is 1. The second-order valence-electron chi connectivity index (χ2n) is 4.45. The number of unbranched alkanes of at least 4 members (excludes halogenated alkanes) is 1. The van der Waals surface area contributed by atoms with Crippen molar-refractivity contribution in [2.75, 3.05) is 19.8 Å². The van der Waals surface area contributed by atoms with Crippen LogP contribution in [0.2, 0.25) is 0 Å². The number of amides is 1. The maximum absolute atomic E-state index is 11.5. The topological polar surface area (TPSA) is 38.3 Å². The molecule has 0 atom stereocenters. The van der Waals surface area contributed by atoms with E-state index in [4.69, 9.17) is 4.74 Å². The molecule has 0 aliphatic carbocycles. The molecule has 0 unspecified atom stereocenters. The highest BCUT2D eigenvalue weighted by Crippen LogP contribution is 2.12. The normalized spacial score (nSPS) is 17.3. The van der Waals surface area contributed by atoms with Crippen LogP contribution < -0.4 is 5.32 Å². The molecule has 100 valence electrons. The molecule has 18 heavy (non-hydrogen) atoms. The van der Waals surface area contributed by atoms with Crippen LogP contribution in [0, 0.1) is 5.92 Å². The standard InChI is InChI=1S/C15H23NO2/c1-2-3-4-5-6-7-8-15(17)16-13-14-9-11-18-12-10-14/h2,5-8,14H,1,3-4,9-13H2,(H,16,17). The van der Waals surface area contributed by atoms with Crippen LogP contribution in [0.1, 0.15) is 25.7 Å². The Hall–Kier alpha value is -1.35. The fraction of sp³-hybridized carbons (Fsp3) is 0.533. The highest BCUT2D eigenvalue weighted by atomic mass is 16.5. The molecule has 0 aromatic heterocycles. The first kappa shape index (κ1) is 14.7. The Morgan fingerprint density at radius 3 is 2.78 bits per heavy atom. The Morgan fingerprint density at radius 1 is 1.28 bits per heavy atom. The lowest BCUT2D eigenvalue weighted by atomic mass is 10.0. The Bertz CT molecular complexity index is 302. The lowest BCUT2D eigenvalue weighted by Crippen LogP contribution is -2.31. The summed E-state index contributed by atoms with van der Waals surface area (Å²) >= 11 is 0. The minimum atomic E-state index is -0.0186. The summed E-state index contributed by atoms with van der Waals surface area (Å²) in [6.07, 6.45) is 13.2. The number of allylic oxidation sites excluding steroid dienone is 4. The maximum Gasteiger partial charge on any atom is 0.243 e. The molecule has 1 aliphatic rings. The summed E-state index contributed by atoms with van der Waals surface area (Å²) in [5.74, 6) is 0.550. The first-order valence-electron chi connectivity index (χ1n) is 6.62. The highest BCUT2D eigenvalue weighted by Gasteiger charge is 2.13. The summed E-state index contributed by atoms with van der Waals surface area (Å²) in [7, 11) is 0. The van der Waals surface area contributed by atoms with Crippen molar-refractivity contribution in [3.8, 4) is 0 Å². The Labute approximate surface area is 110 Å². The zero-order valence-corrected chi connectivity index (χ0v) is 10.9. The molecule has 3 heteroatoms. The van der Waals surface area contributed by atoms with Gasteiger partial charge in [-0.2, -0.15) is 0 Å². The molecule has 0 radical (unpaired) electrons. The second-order valence-corrected chi connectivity index (χ2v) is 4.45. The highest BCUT2D eigenvalue weighted by molar-refractivity contribution is 5.87. The molecule has 1 rings (SSSR count). The van der Waals surface area contributed by atoms with Crippen LogP contribution in [0.5, 0.6) is 0 Å². The molecule has 1 amide bonds.